The fourth-order valence-electron chi connectivity index (χ4n) is 2.82. The fourth-order valence-corrected chi connectivity index (χ4v) is 2.82. The van der Waals surface area contributed by atoms with Crippen LogP contribution in [-0.2, 0) is 6.42 Å². The van der Waals surface area contributed by atoms with Crippen molar-refractivity contribution in [3.8, 4) is 5.75 Å². The molecule has 0 N–H and O–H groups in total. The summed E-state index contributed by atoms with van der Waals surface area (Å²) in [6.45, 7) is 2.80. The van der Waals surface area contributed by atoms with Gasteiger partial charge in [-0.2, -0.15) is 0 Å². The number of nitrogens with zero attached hydrogens (tertiary/aromatic N) is 1. The second-order valence-corrected chi connectivity index (χ2v) is 6.25. The number of hydrogen-bond acceptors (Lipinski definition) is 3. The Morgan fingerprint density at radius 3 is 2.46 bits per heavy atom. The second-order valence-electron chi connectivity index (χ2n) is 6.25. The van der Waals surface area contributed by atoms with Crippen LogP contribution in [0, 0.1) is 12.8 Å². The molecule has 2 aromatic carbocycles. The van der Waals surface area contributed by atoms with Crippen molar-refractivity contribution < 1.29 is 9.53 Å². The van der Waals surface area contributed by atoms with Gasteiger partial charge in [0.1, 0.15) is 5.75 Å². The molecule has 0 fully saturated rings. The summed E-state index contributed by atoms with van der Waals surface area (Å²) in [6.07, 6.45) is 0.746. The fraction of sp³-hybridized carbons (Fsp3) is 0.350. The maximum Gasteiger partial charge on any atom is 0.167 e. The number of benzene rings is 2. The molecular weight excluding hydrogens is 322 g/mol. The molecule has 1 atom stereocenters. The zero-order chi connectivity index (χ0) is 16.8. The number of methoxy groups -OCH3 is 1. The number of halogens is 1. The summed E-state index contributed by atoms with van der Waals surface area (Å²) in [6, 6.07) is 15.8. The van der Waals surface area contributed by atoms with Crippen LogP contribution in [-0.4, -0.2) is 38.4 Å². The number of Topliss-reactive ketones (excluding diaryl/α,β-unsaturated/α-hetero) is 1. The molecule has 4 heteroatoms. The third kappa shape index (κ3) is 5.66. The molecule has 0 amide bonds. The van der Waals surface area contributed by atoms with E-state index in [0.29, 0.717) is 5.56 Å². The lowest BCUT2D eigenvalue weighted by Gasteiger charge is -2.20. The van der Waals surface area contributed by atoms with Crippen LogP contribution >= 0.6 is 12.4 Å². The van der Waals surface area contributed by atoms with E-state index in [-0.39, 0.29) is 24.1 Å². The van der Waals surface area contributed by atoms with E-state index in [1.807, 2.05) is 44.4 Å². The lowest BCUT2D eigenvalue weighted by molar-refractivity contribution is 0.0896. The molecule has 24 heavy (non-hydrogen) atoms. The first-order valence-corrected chi connectivity index (χ1v) is 7.88. The highest BCUT2D eigenvalue weighted by Crippen LogP contribution is 2.20. The summed E-state index contributed by atoms with van der Waals surface area (Å²) in [5, 5.41) is 0. The molecule has 130 valence electrons. The lowest BCUT2D eigenvalue weighted by atomic mass is 9.90. The maximum atomic E-state index is 13.0. The Kier molecular flexibility index (Phi) is 7.96. The first-order chi connectivity index (χ1) is 11.0. The van der Waals surface area contributed by atoms with Crippen LogP contribution in [0.25, 0.3) is 0 Å². The van der Waals surface area contributed by atoms with E-state index in [2.05, 4.69) is 30.0 Å². The largest absolute Gasteiger partial charge is 0.497 e. The Morgan fingerprint density at radius 2 is 1.83 bits per heavy atom. The number of ketones is 1. The van der Waals surface area contributed by atoms with Gasteiger partial charge in [0, 0.05) is 18.0 Å². The van der Waals surface area contributed by atoms with E-state index in [1.54, 1.807) is 7.11 Å². The molecule has 0 aromatic heterocycles. The van der Waals surface area contributed by atoms with Crippen molar-refractivity contribution in [1.29, 1.82) is 0 Å². The Labute approximate surface area is 151 Å². The molecule has 0 aliphatic heterocycles. The number of carbonyl (C=O) groups excluding carboxylic acids is 1. The van der Waals surface area contributed by atoms with E-state index >= 15 is 0 Å². The summed E-state index contributed by atoms with van der Waals surface area (Å²) < 4.78 is 5.24. The smallest absolute Gasteiger partial charge is 0.167 e. The third-order valence-electron chi connectivity index (χ3n) is 3.88. The van der Waals surface area contributed by atoms with Crippen LogP contribution in [0.2, 0.25) is 0 Å². The van der Waals surface area contributed by atoms with Crippen LogP contribution in [0.5, 0.6) is 5.75 Å². The normalized spacial score (nSPS) is 11.7. The van der Waals surface area contributed by atoms with E-state index in [9.17, 15) is 4.79 Å². The number of hydrogen-bond donors (Lipinski definition) is 0. The molecule has 3 nitrogen and oxygen atoms in total. The molecule has 0 radical (unpaired) electrons. The van der Waals surface area contributed by atoms with Gasteiger partial charge >= 0.3 is 0 Å². The SMILES string of the molecule is COc1cccc(C(=O)[C@@H](Cc2cccc(C)c2)CN(C)C)c1.Cl. The minimum Gasteiger partial charge on any atom is -0.497 e. The van der Waals surface area contributed by atoms with Crippen molar-refractivity contribution in [2.45, 2.75) is 13.3 Å². The number of rotatable bonds is 7. The van der Waals surface area contributed by atoms with Gasteiger partial charge in [-0.05, 0) is 45.1 Å². The van der Waals surface area contributed by atoms with Crippen LogP contribution in [0.4, 0.5) is 0 Å². The summed E-state index contributed by atoms with van der Waals surface area (Å²) in [5.41, 5.74) is 3.14. The standard InChI is InChI=1S/C20H25NO2.ClH/c1-15-7-5-8-16(11-15)12-18(14-21(2)3)20(22)17-9-6-10-19(13-17)23-4;/h5-11,13,18H,12,14H2,1-4H3;1H/t18-;/m0./s1. The van der Waals surface area contributed by atoms with E-state index in [0.717, 1.165) is 18.7 Å². The quantitative estimate of drug-likeness (QED) is 0.708. The Morgan fingerprint density at radius 1 is 1.12 bits per heavy atom. The van der Waals surface area contributed by atoms with E-state index in [1.165, 1.54) is 11.1 Å². The molecule has 0 saturated heterocycles. The molecule has 0 heterocycles. The van der Waals surface area contributed by atoms with Crippen molar-refractivity contribution in [3.05, 3.63) is 65.2 Å². The molecule has 0 spiro atoms. The first kappa shape index (κ1) is 20.2. The molecule has 2 rings (SSSR count). The van der Waals surface area contributed by atoms with Gasteiger partial charge in [-0.1, -0.05) is 42.0 Å². The Balaban J connectivity index is 0.00000288. The molecule has 0 saturated carbocycles. The van der Waals surface area contributed by atoms with Gasteiger partial charge < -0.3 is 9.64 Å². The molecule has 0 aliphatic carbocycles. The highest BCUT2D eigenvalue weighted by Gasteiger charge is 2.21. The minimum absolute atomic E-state index is 0. The van der Waals surface area contributed by atoms with E-state index in [4.69, 9.17) is 4.74 Å². The van der Waals surface area contributed by atoms with Crippen molar-refractivity contribution in [3.63, 3.8) is 0 Å². The average molecular weight is 348 g/mol. The number of aryl methyl sites for hydroxylation is 1. The number of ether oxygens (including phenoxy) is 1. The predicted molar refractivity (Wildman–Crippen MR) is 101 cm³/mol. The topological polar surface area (TPSA) is 29.5 Å². The van der Waals surface area contributed by atoms with Gasteiger partial charge in [-0.25, -0.2) is 0 Å². The first-order valence-electron chi connectivity index (χ1n) is 7.88. The summed E-state index contributed by atoms with van der Waals surface area (Å²) in [4.78, 5) is 15.0. The van der Waals surface area contributed by atoms with Gasteiger partial charge in [-0.15, -0.1) is 12.4 Å². The second kappa shape index (κ2) is 9.45. The van der Waals surface area contributed by atoms with Gasteiger partial charge in [0.15, 0.2) is 5.78 Å². The highest BCUT2D eigenvalue weighted by molar-refractivity contribution is 5.98. The molecular formula is C20H26ClNO2. The van der Waals surface area contributed by atoms with Crippen LogP contribution in [0.15, 0.2) is 48.5 Å². The Hall–Kier alpha value is -1.84. The van der Waals surface area contributed by atoms with Crippen LogP contribution in [0.3, 0.4) is 0 Å². The molecule has 0 aliphatic rings. The average Bonchev–Trinajstić information content (AvgIpc) is 2.53. The minimum atomic E-state index is -0.0705. The molecule has 0 unspecified atom stereocenters. The van der Waals surface area contributed by atoms with Crippen LogP contribution < -0.4 is 4.74 Å². The molecule has 0 bridgehead atoms. The summed E-state index contributed by atoms with van der Waals surface area (Å²) in [7, 11) is 5.62. The van der Waals surface area contributed by atoms with Crippen molar-refractivity contribution in [2.75, 3.05) is 27.7 Å². The zero-order valence-corrected chi connectivity index (χ0v) is 15.6. The van der Waals surface area contributed by atoms with Crippen molar-refractivity contribution in [2.24, 2.45) is 5.92 Å². The molecule has 2 aromatic rings. The van der Waals surface area contributed by atoms with Gasteiger partial charge in [0.25, 0.3) is 0 Å². The maximum absolute atomic E-state index is 13.0. The van der Waals surface area contributed by atoms with Crippen molar-refractivity contribution in [1.82, 2.24) is 4.90 Å². The van der Waals surface area contributed by atoms with Crippen molar-refractivity contribution >= 4 is 18.2 Å². The predicted octanol–water partition coefficient (Wildman–Crippen LogP) is 4.03. The third-order valence-corrected chi connectivity index (χ3v) is 3.88. The monoisotopic (exact) mass is 347 g/mol. The summed E-state index contributed by atoms with van der Waals surface area (Å²) in [5.74, 6) is 0.813. The number of carbonyl (C=O) groups is 1. The van der Waals surface area contributed by atoms with Gasteiger partial charge in [0.2, 0.25) is 0 Å². The van der Waals surface area contributed by atoms with Crippen LogP contribution in [0.1, 0.15) is 21.5 Å². The van der Waals surface area contributed by atoms with E-state index < -0.39 is 0 Å². The zero-order valence-electron chi connectivity index (χ0n) is 14.8. The lowest BCUT2D eigenvalue weighted by Crippen LogP contribution is -2.29. The summed E-state index contributed by atoms with van der Waals surface area (Å²) >= 11 is 0. The highest BCUT2D eigenvalue weighted by atomic mass is 35.5. The van der Waals surface area contributed by atoms with Gasteiger partial charge in [0.05, 0.1) is 7.11 Å². The Bertz CT molecular complexity index is 670. The van der Waals surface area contributed by atoms with Gasteiger partial charge in [-0.3, -0.25) is 4.79 Å².